The fourth-order valence-corrected chi connectivity index (χ4v) is 4.46. The van der Waals surface area contributed by atoms with Crippen molar-refractivity contribution in [1.29, 1.82) is 0 Å². The van der Waals surface area contributed by atoms with Gasteiger partial charge < -0.3 is 10.1 Å². The molecule has 0 aliphatic carbocycles. The fourth-order valence-electron chi connectivity index (χ4n) is 3.46. The third-order valence-corrected chi connectivity index (χ3v) is 6.27. The number of hydrogen-bond acceptors (Lipinski definition) is 5. The van der Waals surface area contributed by atoms with E-state index in [-0.39, 0.29) is 23.0 Å². The summed E-state index contributed by atoms with van der Waals surface area (Å²) in [5, 5.41) is 3.62. The van der Waals surface area contributed by atoms with Gasteiger partial charge >= 0.3 is 0 Å². The van der Waals surface area contributed by atoms with Gasteiger partial charge in [-0.1, -0.05) is 36.9 Å². The first-order valence-corrected chi connectivity index (χ1v) is 11.9. The van der Waals surface area contributed by atoms with E-state index in [0.717, 1.165) is 6.42 Å². The molecule has 4 rings (SSSR count). The minimum absolute atomic E-state index is 0.217. The summed E-state index contributed by atoms with van der Waals surface area (Å²) in [6.45, 7) is 2.54. The van der Waals surface area contributed by atoms with Gasteiger partial charge in [-0.25, -0.2) is 9.37 Å². The molecular formula is C26H24FN3O3S. The van der Waals surface area contributed by atoms with Crippen molar-refractivity contribution in [2.75, 3.05) is 13.7 Å². The Balaban J connectivity index is 1.82. The van der Waals surface area contributed by atoms with Crippen molar-refractivity contribution in [3.05, 3.63) is 94.0 Å². The van der Waals surface area contributed by atoms with Crippen LogP contribution < -0.4 is 15.6 Å². The maximum Gasteiger partial charge on any atom is 0.266 e. The molecule has 1 amide bonds. The normalized spacial score (nSPS) is 10.9. The van der Waals surface area contributed by atoms with E-state index in [2.05, 4.69) is 5.32 Å². The van der Waals surface area contributed by atoms with Crippen LogP contribution in [-0.4, -0.2) is 29.1 Å². The predicted octanol–water partition coefficient (Wildman–Crippen LogP) is 4.97. The average Bonchev–Trinajstić information content (AvgIpc) is 2.86. The molecular weight excluding hydrogens is 453 g/mol. The fraction of sp³-hybridized carbons (Fsp3) is 0.192. The van der Waals surface area contributed by atoms with Gasteiger partial charge in [0.2, 0.25) is 0 Å². The monoisotopic (exact) mass is 477 g/mol. The number of benzene rings is 3. The van der Waals surface area contributed by atoms with E-state index in [1.165, 1.54) is 22.4 Å². The number of hydrogen-bond donors (Lipinski definition) is 1. The molecule has 34 heavy (non-hydrogen) atoms. The standard InChI is InChI=1S/C26H24FN3O3S/c1-3-14-28-24(31)17-8-13-21-23(15-17)29-26(34-16-18-6-4-5-7-22(18)27)30(25(21)32)19-9-11-20(33-2)12-10-19/h4-13,15H,3,14,16H2,1-2H3,(H,28,31). The third kappa shape index (κ3) is 4.97. The zero-order valence-corrected chi connectivity index (χ0v) is 19.7. The van der Waals surface area contributed by atoms with Gasteiger partial charge in [0.1, 0.15) is 11.6 Å². The van der Waals surface area contributed by atoms with Crippen LogP contribution in [0.5, 0.6) is 5.75 Å². The Morgan fingerprint density at radius 2 is 1.88 bits per heavy atom. The van der Waals surface area contributed by atoms with Crippen LogP contribution in [0.15, 0.2) is 76.7 Å². The highest BCUT2D eigenvalue weighted by atomic mass is 32.2. The van der Waals surface area contributed by atoms with Gasteiger partial charge in [0.25, 0.3) is 11.5 Å². The highest BCUT2D eigenvalue weighted by Gasteiger charge is 2.16. The second-order valence-corrected chi connectivity index (χ2v) is 8.54. The van der Waals surface area contributed by atoms with Gasteiger partial charge in [0.05, 0.1) is 23.7 Å². The second-order valence-electron chi connectivity index (χ2n) is 7.60. The van der Waals surface area contributed by atoms with Crippen LogP contribution in [-0.2, 0) is 5.75 Å². The lowest BCUT2D eigenvalue weighted by atomic mass is 10.1. The number of rotatable bonds is 8. The molecule has 0 fully saturated rings. The first-order valence-electron chi connectivity index (χ1n) is 10.9. The summed E-state index contributed by atoms with van der Waals surface area (Å²) in [4.78, 5) is 30.7. The number of carbonyl (C=O) groups is 1. The molecule has 0 saturated heterocycles. The lowest BCUT2D eigenvalue weighted by Gasteiger charge is -2.14. The number of nitrogens with zero attached hydrogens (tertiary/aromatic N) is 2. The van der Waals surface area contributed by atoms with Crippen LogP contribution in [0.4, 0.5) is 4.39 Å². The van der Waals surface area contributed by atoms with Gasteiger partial charge in [0, 0.05) is 17.9 Å². The highest BCUT2D eigenvalue weighted by Crippen LogP contribution is 2.26. The summed E-state index contributed by atoms with van der Waals surface area (Å²) >= 11 is 1.26. The van der Waals surface area contributed by atoms with Crippen LogP contribution in [0.3, 0.4) is 0 Å². The molecule has 0 saturated carbocycles. The number of methoxy groups -OCH3 is 1. The number of carbonyl (C=O) groups excluding carboxylic acids is 1. The third-order valence-electron chi connectivity index (χ3n) is 5.28. The number of amides is 1. The molecule has 1 aromatic heterocycles. The van der Waals surface area contributed by atoms with Crippen LogP contribution in [0.1, 0.15) is 29.3 Å². The summed E-state index contributed by atoms with van der Waals surface area (Å²) in [7, 11) is 1.57. The van der Waals surface area contributed by atoms with Crippen LogP contribution in [0.25, 0.3) is 16.6 Å². The van der Waals surface area contributed by atoms with E-state index in [9.17, 15) is 14.0 Å². The summed E-state index contributed by atoms with van der Waals surface area (Å²) < 4.78 is 20.9. The Bertz CT molecular complexity index is 1390. The molecule has 0 aliphatic rings. The van der Waals surface area contributed by atoms with Gasteiger partial charge in [0.15, 0.2) is 5.16 Å². The molecule has 3 aromatic carbocycles. The maximum absolute atomic E-state index is 14.2. The molecule has 1 heterocycles. The molecule has 8 heteroatoms. The highest BCUT2D eigenvalue weighted by molar-refractivity contribution is 7.98. The molecule has 1 N–H and O–H groups in total. The molecule has 4 aromatic rings. The first-order chi connectivity index (χ1) is 16.5. The van der Waals surface area contributed by atoms with Crippen LogP contribution in [0.2, 0.25) is 0 Å². The molecule has 0 radical (unpaired) electrons. The number of ether oxygens (including phenoxy) is 1. The van der Waals surface area contributed by atoms with E-state index < -0.39 is 0 Å². The Morgan fingerprint density at radius 1 is 1.12 bits per heavy atom. The summed E-state index contributed by atoms with van der Waals surface area (Å²) in [5.41, 5.74) is 1.69. The molecule has 0 atom stereocenters. The molecule has 0 unspecified atom stereocenters. The number of fused-ring (bicyclic) bond motifs is 1. The SMILES string of the molecule is CCCNC(=O)c1ccc2c(=O)n(-c3ccc(OC)cc3)c(SCc3ccccc3F)nc2c1. The van der Waals surface area contributed by atoms with Crippen molar-refractivity contribution in [2.24, 2.45) is 0 Å². The largest absolute Gasteiger partial charge is 0.497 e. The number of aromatic nitrogens is 2. The maximum atomic E-state index is 14.2. The summed E-state index contributed by atoms with van der Waals surface area (Å²) in [6, 6.07) is 18.4. The van der Waals surface area contributed by atoms with Crippen LogP contribution in [0, 0.1) is 5.82 Å². The Labute approximate surface area is 200 Å². The first kappa shape index (κ1) is 23.5. The molecule has 174 valence electrons. The van der Waals surface area contributed by atoms with E-state index in [0.29, 0.717) is 45.2 Å². The minimum atomic E-state index is -0.316. The van der Waals surface area contributed by atoms with E-state index >= 15 is 0 Å². The molecule has 0 aliphatic heterocycles. The molecule has 6 nitrogen and oxygen atoms in total. The van der Waals surface area contributed by atoms with Crippen molar-refractivity contribution < 1.29 is 13.9 Å². The zero-order chi connectivity index (χ0) is 24.1. The Hall–Kier alpha value is -3.65. The smallest absolute Gasteiger partial charge is 0.266 e. The van der Waals surface area contributed by atoms with E-state index in [1.807, 2.05) is 6.92 Å². The topological polar surface area (TPSA) is 73.2 Å². The lowest BCUT2D eigenvalue weighted by Crippen LogP contribution is -2.25. The van der Waals surface area contributed by atoms with E-state index in [1.54, 1.807) is 67.8 Å². The minimum Gasteiger partial charge on any atom is -0.497 e. The van der Waals surface area contributed by atoms with Crippen LogP contribution >= 0.6 is 11.8 Å². The van der Waals surface area contributed by atoms with Gasteiger partial charge in [-0.3, -0.25) is 14.2 Å². The van der Waals surface area contributed by atoms with Crippen molar-refractivity contribution >= 4 is 28.6 Å². The summed E-state index contributed by atoms with van der Waals surface area (Å²) in [6.07, 6.45) is 0.820. The zero-order valence-electron chi connectivity index (χ0n) is 18.9. The second kappa shape index (κ2) is 10.5. The Morgan fingerprint density at radius 3 is 2.59 bits per heavy atom. The number of halogens is 1. The predicted molar refractivity (Wildman–Crippen MR) is 132 cm³/mol. The van der Waals surface area contributed by atoms with Crippen molar-refractivity contribution in [1.82, 2.24) is 14.9 Å². The quantitative estimate of drug-likeness (QED) is 0.287. The number of nitrogens with one attached hydrogen (secondary N) is 1. The number of thioether (sulfide) groups is 1. The van der Waals surface area contributed by atoms with Gasteiger partial charge in [-0.2, -0.15) is 0 Å². The lowest BCUT2D eigenvalue weighted by molar-refractivity contribution is 0.0953. The molecule has 0 bridgehead atoms. The average molecular weight is 478 g/mol. The van der Waals surface area contributed by atoms with Crippen molar-refractivity contribution in [3.63, 3.8) is 0 Å². The van der Waals surface area contributed by atoms with Gasteiger partial charge in [-0.05, 0) is 60.5 Å². The summed E-state index contributed by atoms with van der Waals surface area (Å²) in [5.74, 6) is 0.417. The van der Waals surface area contributed by atoms with Crippen molar-refractivity contribution in [3.8, 4) is 11.4 Å². The van der Waals surface area contributed by atoms with Crippen molar-refractivity contribution in [2.45, 2.75) is 24.3 Å². The molecule has 0 spiro atoms. The van der Waals surface area contributed by atoms with Gasteiger partial charge in [-0.15, -0.1) is 0 Å². The Kier molecular flexibility index (Phi) is 7.27. The van der Waals surface area contributed by atoms with E-state index in [4.69, 9.17) is 9.72 Å².